The smallest absolute Gasteiger partial charge is 0.208 e. The Morgan fingerprint density at radius 2 is 2.18 bits per heavy atom. The van der Waals surface area contributed by atoms with Crippen LogP contribution in [0.25, 0.3) is 0 Å². The van der Waals surface area contributed by atoms with E-state index in [0.29, 0.717) is 0 Å². The molecule has 22 heavy (non-hydrogen) atoms. The van der Waals surface area contributed by atoms with Crippen molar-refractivity contribution in [1.29, 1.82) is 0 Å². The van der Waals surface area contributed by atoms with Gasteiger partial charge in [-0.05, 0) is 30.0 Å². The van der Waals surface area contributed by atoms with Crippen molar-refractivity contribution in [3.8, 4) is 0 Å². The summed E-state index contributed by atoms with van der Waals surface area (Å²) >= 11 is 1.77. The minimum absolute atomic E-state index is 0.0377. The van der Waals surface area contributed by atoms with E-state index in [0.717, 1.165) is 32.6 Å². The topological polar surface area (TPSA) is 54.3 Å². The summed E-state index contributed by atoms with van der Waals surface area (Å²) in [6.07, 6.45) is 4.21. The average molecular weight is 339 g/mol. The van der Waals surface area contributed by atoms with E-state index < -0.39 is 10.0 Å². The molecule has 1 unspecified atom stereocenters. The average Bonchev–Trinajstić information content (AvgIpc) is 3.13. The fourth-order valence-corrected chi connectivity index (χ4v) is 4.42. The fraction of sp³-hybridized carbons (Fsp3) is 0.467. The van der Waals surface area contributed by atoms with Gasteiger partial charge in [0.1, 0.15) is 0 Å². The van der Waals surface area contributed by atoms with Gasteiger partial charge in [0.25, 0.3) is 0 Å². The van der Waals surface area contributed by atoms with Gasteiger partial charge in [0, 0.05) is 42.4 Å². The van der Waals surface area contributed by atoms with E-state index in [1.165, 1.54) is 16.8 Å². The monoisotopic (exact) mass is 339 g/mol. The molecule has 1 aliphatic heterocycles. The summed E-state index contributed by atoms with van der Waals surface area (Å²) < 4.78 is 27.6. The Morgan fingerprint density at radius 1 is 1.32 bits per heavy atom. The van der Waals surface area contributed by atoms with Crippen LogP contribution in [0.5, 0.6) is 0 Å². The number of aromatic nitrogens is 1. The van der Waals surface area contributed by atoms with Crippen molar-refractivity contribution in [3.63, 3.8) is 0 Å². The van der Waals surface area contributed by atoms with E-state index >= 15 is 0 Å². The molecular weight excluding hydrogens is 318 g/mol. The van der Waals surface area contributed by atoms with E-state index in [9.17, 15) is 8.42 Å². The van der Waals surface area contributed by atoms with Crippen molar-refractivity contribution in [1.82, 2.24) is 14.2 Å². The van der Waals surface area contributed by atoms with Gasteiger partial charge in [-0.15, -0.1) is 11.3 Å². The molecule has 120 valence electrons. The number of hydrogen-bond donors (Lipinski definition) is 1. The molecule has 0 bridgehead atoms. The highest BCUT2D eigenvalue weighted by atomic mass is 32.2. The maximum absolute atomic E-state index is 11.3. The molecule has 2 aromatic heterocycles. The van der Waals surface area contributed by atoms with Crippen LogP contribution in [0.4, 0.5) is 0 Å². The number of rotatable bonds is 6. The van der Waals surface area contributed by atoms with Crippen molar-refractivity contribution in [2.75, 3.05) is 19.3 Å². The van der Waals surface area contributed by atoms with Crippen LogP contribution in [-0.4, -0.2) is 43.3 Å². The van der Waals surface area contributed by atoms with Gasteiger partial charge in [0.15, 0.2) is 0 Å². The third-order valence-corrected chi connectivity index (χ3v) is 5.49. The van der Waals surface area contributed by atoms with Gasteiger partial charge in [-0.1, -0.05) is 6.07 Å². The van der Waals surface area contributed by atoms with Crippen LogP contribution in [0, 0.1) is 0 Å². The fourth-order valence-electron chi connectivity index (χ4n) is 2.92. The van der Waals surface area contributed by atoms with Gasteiger partial charge < -0.3 is 4.57 Å². The first-order valence-corrected chi connectivity index (χ1v) is 10.1. The Balaban J connectivity index is 1.59. The second kappa shape index (κ2) is 6.54. The molecule has 1 fully saturated rings. The molecule has 3 rings (SSSR count). The molecule has 1 N–H and O–H groups in total. The van der Waals surface area contributed by atoms with Crippen LogP contribution < -0.4 is 4.72 Å². The van der Waals surface area contributed by atoms with Gasteiger partial charge in [-0.25, -0.2) is 13.1 Å². The molecule has 0 amide bonds. The zero-order chi connectivity index (χ0) is 15.6. The van der Waals surface area contributed by atoms with E-state index in [4.69, 9.17) is 0 Å². The van der Waals surface area contributed by atoms with Gasteiger partial charge in [-0.3, -0.25) is 4.90 Å². The maximum Gasteiger partial charge on any atom is 0.208 e. The first-order chi connectivity index (χ1) is 10.5. The maximum atomic E-state index is 11.3. The summed E-state index contributed by atoms with van der Waals surface area (Å²) in [6.45, 7) is 3.47. The molecule has 0 aromatic carbocycles. The highest BCUT2D eigenvalue weighted by Gasteiger charge is 2.25. The summed E-state index contributed by atoms with van der Waals surface area (Å²) in [5.41, 5.74) is 1.27. The molecule has 7 heteroatoms. The largest absolute Gasteiger partial charge is 0.345 e. The summed E-state index contributed by atoms with van der Waals surface area (Å²) in [5, 5.41) is 2.10. The van der Waals surface area contributed by atoms with Gasteiger partial charge in [0.05, 0.1) is 12.8 Å². The Kier molecular flexibility index (Phi) is 4.67. The molecule has 3 heterocycles. The van der Waals surface area contributed by atoms with Crippen molar-refractivity contribution in [3.05, 3.63) is 46.4 Å². The highest BCUT2D eigenvalue weighted by molar-refractivity contribution is 7.88. The van der Waals surface area contributed by atoms with Crippen LogP contribution >= 0.6 is 11.3 Å². The standard InChI is InChI=1S/C15H21N3O2S2/c1-22(19,20)16-13-6-8-17(10-13)11-14-4-2-7-18(14)12-15-5-3-9-21-15/h2-5,7,9,13,16H,6,8,10-12H2,1H3. The highest BCUT2D eigenvalue weighted by Crippen LogP contribution is 2.17. The van der Waals surface area contributed by atoms with E-state index in [2.05, 4.69) is 50.0 Å². The number of hydrogen-bond acceptors (Lipinski definition) is 4. The summed E-state index contributed by atoms with van der Waals surface area (Å²) in [7, 11) is -3.12. The van der Waals surface area contributed by atoms with Crippen LogP contribution in [0.3, 0.4) is 0 Å². The van der Waals surface area contributed by atoms with Crippen molar-refractivity contribution in [2.24, 2.45) is 0 Å². The first kappa shape index (κ1) is 15.7. The molecule has 2 aromatic rings. The Labute approximate surface area is 135 Å². The number of nitrogens with one attached hydrogen (secondary N) is 1. The first-order valence-electron chi connectivity index (χ1n) is 7.36. The minimum Gasteiger partial charge on any atom is -0.345 e. The molecule has 0 aliphatic carbocycles. The second-order valence-electron chi connectivity index (χ2n) is 5.82. The minimum atomic E-state index is -3.12. The Hall–Kier alpha value is -1.15. The van der Waals surface area contributed by atoms with Crippen molar-refractivity contribution < 1.29 is 8.42 Å². The molecule has 0 saturated carbocycles. The van der Waals surface area contributed by atoms with Crippen LogP contribution in [0.1, 0.15) is 17.0 Å². The summed E-state index contributed by atoms with van der Waals surface area (Å²) in [5.74, 6) is 0. The zero-order valence-electron chi connectivity index (χ0n) is 12.6. The van der Waals surface area contributed by atoms with E-state index in [1.807, 2.05) is 0 Å². The molecule has 1 atom stereocenters. The molecule has 0 radical (unpaired) electrons. The van der Waals surface area contributed by atoms with Crippen LogP contribution in [0.2, 0.25) is 0 Å². The lowest BCUT2D eigenvalue weighted by atomic mass is 10.3. The van der Waals surface area contributed by atoms with Crippen LogP contribution in [-0.2, 0) is 23.1 Å². The second-order valence-corrected chi connectivity index (χ2v) is 8.63. The van der Waals surface area contributed by atoms with Crippen molar-refractivity contribution >= 4 is 21.4 Å². The Bertz CT molecular complexity index is 707. The number of likely N-dealkylation sites (tertiary alicyclic amines) is 1. The molecule has 5 nitrogen and oxygen atoms in total. The lowest BCUT2D eigenvalue weighted by Gasteiger charge is -2.17. The molecule has 1 aliphatic rings. The summed E-state index contributed by atoms with van der Waals surface area (Å²) in [4.78, 5) is 3.65. The lowest BCUT2D eigenvalue weighted by molar-refractivity contribution is 0.316. The lowest BCUT2D eigenvalue weighted by Crippen LogP contribution is -2.36. The van der Waals surface area contributed by atoms with Crippen LogP contribution in [0.15, 0.2) is 35.8 Å². The molecule has 1 saturated heterocycles. The quantitative estimate of drug-likeness (QED) is 0.872. The normalized spacial score (nSPS) is 19.8. The third-order valence-electron chi connectivity index (χ3n) is 3.87. The van der Waals surface area contributed by atoms with Gasteiger partial charge in [0.2, 0.25) is 10.0 Å². The number of nitrogens with zero attached hydrogens (tertiary/aromatic N) is 2. The SMILES string of the molecule is CS(=O)(=O)NC1CCN(Cc2cccn2Cc2cccs2)C1. The zero-order valence-corrected chi connectivity index (χ0v) is 14.2. The molecule has 0 spiro atoms. The molecular formula is C15H21N3O2S2. The summed E-state index contributed by atoms with van der Waals surface area (Å²) in [6, 6.07) is 8.48. The Morgan fingerprint density at radius 3 is 2.91 bits per heavy atom. The predicted octanol–water partition coefficient (Wildman–Crippen LogP) is 1.72. The van der Waals surface area contributed by atoms with E-state index in [1.54, 1.807) is 11.3 Å². The van der Waals surface area contributed by atoms with Gasteiger partial charge in [-0.2, -0.15) is 0 Å². The third kappa shape index (κ3) is 4.19. The number of sulfonamides is 1. The van der Waals surface area contributed by atoms with Gasteiger partial charge >= 0.3 is 0 Å². The van der Waals surface area contributed by atoms with Crippen molar-refractivity contribution in [2.45, 2.75) is 25.6 Å². The predicted molar refractivity (Wildman–Crippen MR) is 89.5 cm³/mol. The van der Waals surface area contributed by atoms with E-state index in [-0.39, 0.29) is 6.04 Å². The number of thiophene rings is 1.